The van der Waals surface area contributed by atoms with Crippen molar-refractivity contribution in [3.05, 3.63) is 59.7 Å². The molecule has 0 aliphatic heterocycles. The zero-order valence-corrected chi connectivity index (χ0v) is 18.3. The van der Waals surface area contributed by atoms with E-state index in [-0.39, 0.29) is 12.5 Å². The van der Waals surface area contributed by atoms with E-state index in [4.69, 9.17) is 14.9 Å². The fourth-order valence-electron chi connectivity index (χ4n) is 3.86. The first-order chi connectivity index (χ1) is 16.2. The van der Waals surface area contributed by atoms with Crippen LogP contribution in [0.15, 0.2) is 48.5 Å². The second-order valence-electron chi connectivity index (χ2n) is 7.85. The molecule has 178 valence electrons. The van der Waals surface area contributed by atoms with Crippen LogP contribution < -0.4 is 10.6 Å². The molecule has 2 amide bonds. The molecular weight excluding hydrogens is 444 g/mol. The smallest absolute Gasteiger partial charge is 0.407 e. The number of carboxylic acids is 2. The van der Waals surface area contributed by atoms with Crippen molar-refractivity contribution in [1.29, 1.82) is 0 Å². The lowest BCUT2D eigenvalue weighted by Crippen LogP contribution is -2.51. The highest BCUT2D eigenvalue weighted by Crippen LogP contribution is 2.44. The highest BCUT2D eigenvalue weighted by Gasteiger charge is 2.31. The number of alkyl carbamates (subject to hydrolysis) is 1. The van der Waals surface area contributed by atoms with Crippen LogP contribution in [0.25, 0.3) is 11.1 Å². The number of amides is 2. The third-order valence-electron chi connectivity index (χ3n) is 5.56. The van der Waals surface area contributed by atoms with Gasteiger partial charge in [-0.05, 0) is 35.6 Å². The van der Waals surface area contributed by atoms with E-state index in [9.17, 15) is 24.0 Å². The number of aliphatic carboxylic acids is 2. The van der Waals surface area contributed by atoms with Crippen LogP contribution in [0.2, 0.25) is 0 Å². The predicted molar refractivity (Wildman–Crippen MR) is 119 cm³/mol. The minimum atomic E-state index is -1.80. The van der Waals surface area contributed by atoms with Gasteiger partial charge in [0.25, 0.3) is 5.78 Å². The second kappa shape index (κ2) is 10.6. The van der Waals surface area contributed by atoms with Gasteiger partial charge >= 0.3 is 18.0 Å². The summed E-state index contributed by atoms with van der Waals surface area (Å²) in [6.07, 6.45) is -1.78. The molecule has 0 fully saturated rings. The van der Waals surface area contributed by atoms with Gasteiger partial charge in [0.1, 0.15) is 12.6 Å². The summed E-state index contributed by atoms with van der Waals surface area (Å²) in [6.45, 7) is 1.36. The lowest BCUT2D eigenvalue weighted by atomic mass is 9.98. The molecule has 0 bridgehead atoms. The molecule has 0 saturated heterocycles. The van der Waals surface area contributed by atoms with Crippen LogP contribution in [0.5, 0.6) is 0 Å². The van der Waals surface area contributed by atoms with Crippen molar-refractivity contribution in [2.75, 3.05) is 6.61 Å². The van der Waals surface area contributed by atoms with Crippen LogP contribution >= 0.6 is 0 Å². The summed E-state index contributed by atoms with van der Waals surface area (Å²) >= 11 is 0. The molecule has 4 N–H and O–H groups in total. The van der Waals surface area contributed by atoms with Gasteiger partial charge in [-0.1, -0.05) is 48.5 Å². The number of carbonyl (C=O) groups is 5. The highest BCUT2D eigenvalue weighted by molar-refractivity contribution is 6.35. The Morgan fingerprint density at radius 1 is 0.912 bits per heavy atom. The summed E-state index contributed by atoms with van der Waals surface area (Å²) in [6, 6.07) is 12.9. The number of fused-ring (bicyclic) bond motifs is 3. The monoisotopic (exact) mass is 468 g/mol. The SMILES string of the molecule is C[C@H](NC(=O)OCC1c2ccccc2-c2ccccc21)C(=O)N[C@@H](CCC(=O)O)C(=O)C(=O)O. The molecule has 10 heteroatoms. The van der Waals surface area contributed by atoms with Crippen molar-refractivity contribution in [3.8, 4) is 11.1 Å². The molecule has 0 saturated carbocycles. The molecule has 34 heavy (non-hydrogen) atoms. The van der Waals surface area contributed by atoms with Crippen molar-refractivity contribution in [2.45, 2.75) is 37.8 Å². The molecule has 10 nitrogen and oxygen atoms in total. The molecule has 1 aliphatic carbocycles. The van der Waals surface area contributed by atoms with Crippen molar-refractivity contribution >= 4 is 29.7 Å². The standard InChI is InChI=1S/C24H24N2O8/c1-13(22(30)26-19(10-11-20(27)28)21(29)23(31)32)25-24(33)34-12-18-16-8-4-2-6-14(16)15-7-3-5-9-17(15)18/h2-9,13,18-19H,10-12H2,1H3,(H,25,33)(H,26,30)(H,27,28)(H,31,32)/t13-,19-/m0/s1. The maximum absolute atomic E-state index is 12.4. The van der Waals surface area contributed by atoms with Gasteiger partial charge in [-0.3, -0.25) is 14.4 Å². The van der Waals surface area contributed by atoms with Crippen molar-refractivity contribution in [2.24, 2.45) is 0 Å². The van der Waals surface area contributed by atoms with Crippen molar-refractivity contribution in [3.63, 3.8) is 0 Å². The molecule has 0 spiro atoms. The Hall–Kier alpha value is -4.21. The summed E-state index contributed by atoms with van der Waals surface area (Å²) in [5, 5.41) is 22.2. The Kier molecular flexibility index (Phi) is 7.62. The molecule has 0 heterocycles. The number of carbonyl (C=O) groups excluding carboxylic acids is 3. The molecular formula is C24H24N2O8. The number of Topliss-reactive ketones (excluding diaryl/α,β-unsaturated/α-hetero) is 1. The zero-order valence-electron chi connectivity index (χ0n) is 18.3. The largest absolute Gasteiger partial charge is 0.481 e. The predicted octanol–water partition coefficient (Wildman–Crippen LogP) is 1.92. The Bertz CT molecular complexity index is 1080. The van der Waals surface area contributed by atoms with Crippen molar-refractivity contribution < 1.29 is 38.9 Å². The normalized spacial score (nSPS) is 13.7. The maximum Gasteiger partial charge on any atom is 0.407 e. The number of nitrogens with one attached hydrogen (secondary N) is 2. The topological polar surface area (TPSA) is 159 Å². The number of hydrogen-bond donors (Lipinski definition) is 4. The van der Waals surface area contributed by atoms with Crippen LogP contribution in [-0.2, 0) is 23.9 Å². The van der Waals surface area contributed by atoms with Crippen LogP contribution in [0.1, 0.15) is 36.8 Å². The number of carboxylic acid groups (broad SMARTS) is 2. The van der Waals surface area contributed by atoms with Gasteiger partial charge in [-0.25, -0.2) is 9.59 Å². The average Bonchev–Trinajstić information content (AvgIpc) is 3.13. The van der Waals surface area contributed by atoms with E-state index in [1.54, 1.807) is 0 Å². The zero-order chi connectivity index (χ0) is 24.8. The number of benzene rings is 2. The van der Waals surface area contributed by atoms with Gasteiger partial charge in [0.05, 0.1) is 6.04 Å². The van der Waals surface area contributed by atoms with Crippen molar-refractivity contribution in [1.82, 2.24) is 10.6 Å². The molecule has 1 aliphatic rings. The first-order valence-corrected chi connectivity index (χ1v) is 10.6. The Balaban J connectivity index is 1.58. The fourth-order valence-corrected chi connectivity index (χ4v) is 3.86. The fraction of sp³-hybridized carbons (Fsp3) is 0.292. The van der Waals surface area contributed by atoms with E-state index in [0.29, 0.717) is 0 Å². The molecule has 2 atom stereocenters. The lowest BCUT2D eigenvalue weighted by Gasteiger charge is -2.20. The average molecular weight is 468 g/mol. The van der Waals surface area contributed by atoms with Crippen LogP contribution in [0, 0.1) is 0 Å². The van der Waals surface area contributed by atoms with Gasteiger partial charge in [-0.2, -0.15) is 0 Å². The first kappa shape index (κ1) is 24.4. The number of hydrogen-bond acceptors (Lipinski definition) is 6. The van der Waals surface area contributed by atoms with Crippen LogP contribution in [-0.4, -0.2) is 58.6 Å². The van der Waals surface area contributed by atoms with Crippen LogP contribution in [0.3, 0.4) is 0 Å². The maximum atomic E-state index is 12.4. The molecule has 2 aromatic carbocycles. The summed E-state index contributed by atoms with van der Waals surface area (Å²) < 4.78 is 5.36. The summed E-state index contributed by atoms with van der Waals surface area (Å²) in [7, 11) is 0. The third kappa shape index (κ3) is 5.58. The van der Waals surface area contributed by atoms with Crippen LogP contribution in [0.4, 0.5) is 4.79 Å². The molecule has 0 radical (unpaired) electrons. The van der Waals surface area contributed by atoms with Gasteiger partial charge in [0, 0.05) is 12.3 Å². The molecule has 3 rings (SSSR count). The Morgan fingerprint density at radius 2 is 1.47 bits per heavy atom. The number of rotatable bonds is 10. The minimum absolute atomic E-state index is 0.0347. The summed E-state index contributed by atoms with van der Waals surface area (Å²) in [5.74, 6) is -5.41. The first-order valence-electron chi connectivity index (χ1n) is 10.6. The summed E-state index contributed by atoms with van der Waals surface area (Å²) in [5.41, 5.74) is 4.18. The third-order valence-corrected chi connectivity index (χ3v) is 5.56. The summed E-state index contributed by atoms with van der Waals surface area (Å²) in [4.78, 5) is 58.2. The number of ether oxygens (including phenoxy) is 1. The molecule has 0 aromatic heterocycles. The Morgan fingerprint density at radius 3 is 2.00 bits per heavy atom. The Labute approximate surface area is 194 Å². The van der Waals surface area contributed by atoms with Gasteiger partial charge < -0.3 is 25.6 Å². The number of ketones is 1. The van der Waals surface area contributed by atoms with E-state index < -0.39 is 54.6 Å². The van der Waals surface area contributed by atoms with Gasteiger partial charge in [0.15, 0.2) is 0 Å². The van der Waals surface area contributed by atoms with E-state index in [0.717, 1.165) is 22.3 Å². The van der Waals surface area contributed by atoms with E-state index >= 15 is 0 Å². The quantitative estimate of drug-likeness (QED) is 0.385. The van der Waals surface area contributed by atoms with E-state index in [1.165, 1.54) is 6.92 Å². The second-order valence-corrected chi connectivity index (χ2v) is 7.85. The molecule has 2 aromatic rings. The van der Waals surface area contributed by atoms with E-state index in [1.807, 2.05) is 48.5 Å². The molecule has 0 unspecified atom stereocenters. The highest BCUT2D eigenvalue weighted by atomic mass is 16.5. The lowest BCUT2D eigenvalue weighted by molar-refractivity contribution is -0.151. The van der Waals surface area contributed by atoms with Gasteiger partial charge in [0.2, 0.25) is 5.91 Å². The minimum Gasteiger partial charge on any atom is -0.481 e. The van der Waals surface area contributed by atoms with E-state index in [2.05, 4.69) is 10.6 Å². The van der Waals surface area contributed by atoms with Gasteiger partial charge in [-0.15, -0.1) is 0 Å².